The molecule has 0 aliphatic carbocycles. The van der Waals surface area contributed by atoms with Gasteiger partial charge in [0.2, 0.25) is 5.91 Å². The van der Waals surface area contributed by atoms with E-state index in [1.54, 1.807) is 0 Å². The fourth-order valence-corrected chi connectivity index (χ4v) is 4.46. The molecule has 2 aromatic rings. The van der Waals surface area contributed by atoms with E-state index in [1.807, 2.05) is 21.7 Å². The van der Waals surface area contributed by atoms with E-state index in [0.29, 0.717) is 5.91 Å². The topological polar surface area (TPSA) is 69.0 Å². The number of nitrogens with zero attached hydrogens (tertiary/aromatic N) is 6. The molecule has 144 valence electrons. The molecule has 1 N–H and O–H groups in total. The predicted molar refractivity (Wildman–Crippen MR) is 103 cm³/mol. The molecule has 5 heterocycles. The number of aromatic nitrogens is 3. The molecule has 8 nitrogen and oxygen atoms in total. The first-order chi connectivity index (χ1) is 13.2. The van der Waals surface area contributed by atoms with E-state index in [9.17, 15) is 4.79 Å². The van der Waals surface area contributed by atoms with E-state index in [4.69, 9.17) is 4.98 Å². The number of nitrogens with one attached hydrogen (secondary N) is 1. The highest BCUT2D eigenvalue weighted by Gasteiger charge is 2.38. The first kappa shape index (κ1) is 16.9. The van der Waals surface area contributed by atoms with Gasteiger partial charge in [0.15, 0.2) is 5.65 Å². The van der Waals surface area contributed by atoms with Crippen LogP contribution in [0.4, 0.5) is 5.82 Å². The molecule has 0 radical (unpaired) electrons. The van der Waals surface area contributed by atoms with Gasteiger partial charge < -0.3 is 20.0 Å². The van der Waals surface area contributed by atoms with Crippen molar-refractivity contribution in [2.24, 2.45) is 5.92 Å². The molecule has 0 saturated carbocycles. The fourth-order valence-electron chi connectivity index (χ4n) is 4.46. The number of hydrogen-bond donors (Lipinski definition) is 1. The molecule has 1 amide bonds. The lowest BCUT2D eigenvalue weighted by Gasteiger charge is -2.43. The average Bonchev–Trinajstić information content (AvgIpc) is 3.04. The number of rotatable bonds is 2. The van der Waals surface area contributed by atoms with E-state index in [2.05, 4.69) is 27.3 Å². The number of carbonyl (C=O) groups is 1. The summed E-state index contributed by atoms with van der Waals surface area (Å²) in [5, 5.41) is 7.85. The Labute approximate surface area is 159 Å². The SMILES string of the molecule is CN1CCc2nc3ccnn3c(N3CC(C(=O)N4CCNCC4)C3)c2CC1. The molecule has 0 atom stereocenters. The lowest BCUT2D eigenvalue weighted by Crippen LogP contribution is -2.58. The Morgan fingerprint density at radius 3 is 2.74 bits per heavy atom. The Bertz CT molecular complexity index is 851. The first-order valence-corrected chi connectivity index (χ1v) is 9.99. The van der Waals surface area contributed by atoms with Crippen LogP contribution in [-0.4, -0.2) is 89.7 Å². The molecule has 2 fully saturated rings. The summed E-state index contributed by atoms with van der Waals surface area (Å²) in [5.41, 5.74) is 3.41. The van der Waals surface area contributed by atoms with Crippen LogP contribution in [0.5, 0.6) is 0 Å². The molecule has 0 bridgehead atoms. The smallest absolute Gasteiger partial charge is 0.229 e. The van der Waals surface area contributed by atoms with Gasteiger partial charge in [0, 0.05) is 70.4 Å². The largest absolute Gasteiger partial charge is 0.354 e. The number of piperazine rings is 1. The third kappa shape index (κ3) is 2.96. The van der Waals surface area contributed by atoms with Gasteiger partial charge >= 0.3 is 0 Å². The van der Waals surface area contributed by atoms with E-state index in [0.717, 1.165) is 76.7 Å². The standard InChI is InChI=1S/C19H27N7O/c1-23-8-3-15-16(4-9-23)22-17-2-5-21-26(17)18(15)25-12-14(13-25)19(27)24-10-6-20-7-11-24/h2,5,14,20H,3-4,6-13H2,1H3. The van der Waals surface area contributed by atoms with Crippen molar-refractivity contribution in [3.05, 3.63) is 23.5 Å². The Kier molecular flexibility index (Phi) is 4.24. The van der Waals surface area contributed by atoms with Crippen LogP contribution in [0.2, 0.25) is 0 Å². The number of fused-ring (bicyclic) bond motifs is 2. The second kappa shape index (κ2) is 6.76. The normalized spacial score (nSPS) is 21.8. The van der Waals surface area contributed by atoms with Gasteiger partial charge in [-0.15, -0.1) is 0 Å². The van der Waals surface area contributed by atoms with Gasteiger partial charge in [0.1, 0.15) is 5.82 Å². The maximum atomic E-state index is 12.8. The summed E-state index contributed by atoms with van der Waals surface area (Å²) in [5.74, 6) is 1.56. The number of anilines is 1. The summed E-state index contributed by atoms with van der Waals surface area (Å²) in [6.45, 7) is 7.10. The third-order valence-corrected chi connectivity index (χ3v) is 6.12. The molecule has 5 rings (SSSR count). The van der Waals surface area contributed by atoms with Crippen LogP contribution in [0.15, 0.2) is 12.3 Å². The number of likely N-dealkylation sites (N-methyl/N-ethyl adjacent to an activating group) is 1. The molecule has 2 saturated heterocycles. The number of carbonyl (C=O) groups excluding carboxylic acids is 1. The third-order valence-electron chi connectivity index (χ3n) is 6.12. The van der Waals surface area contributed by atoms with Crippen molar-refractivity contribution < 1.29 is 4.79 Å². The Balaban J connectivity index is 1.41. The van der Waals surface area contributed by atoms with Crippen LogP contribution in [-0.2, 0) is 17.6 Å². The van der Waals surface area contributed by atoms with Gasteiger partial charge in [-0.1, -0.05) is 0 Å². The van der Waals surface area contributed by atoms with Crippen molar-refractivity contribution >= 4 is 17.4 Å². The molecule has 3 aliphatic rings. The highest BCUT2D eigenvalue weighted by molar-refractivity contribution is 5.82. The van der Waals surface area contributed by atoms with Gasteiger partial charge in [-0.25, -0.2) is 4.98 Å². The monoisotopic (exact) mass is 369 g/mol. The zero-order valence-electron chi connectivity index (χ0n) is 15.9. The maximum Gasteiger partial charge on any atom is 0.229 e. The maximum absolute atomic E-state index is 12.8. The van der Waals surface area contributed by atoms with Crippen molar-refractivity contribution in [1.29, 1.82) is 0 Å². The molecule has 0 aromatic carbocycles. The molecule has 2 aromatic heterocycles. The highest BCUT2D eigenvalue weighted by Crippen LogP contribution is 2.32. The quantitative estimate of drug-likeness (QED) is 0.779. The van der Waals surface area contributed by atoms with Gasteiger partial charge in [0.25, 0.3) is 0 Å². The average molecular weight is 369 g/mol. The molecule has 8 heteroatoms. The lowest BCUT2D eigenvalue weighted by atomic mass is 9.96. The zero-order chi connectivity index (χ0) is 18.4. The zero-order valence-corrected chi connectivity index (χ0v) is 15.9. The molecule has 3 aliphatic heterocycles. The minimum Gasteiger partial charge on any atom is -0.354 e. The molecular formula is C19H27N7O. The summed E-state index contributed by atoms with van der Waals surface area (Å²) in [4.78, 5) is 24.4. The first-order valence-electron chi connectivity index (χ1n) is 9.99. The summed E-state index contributed by atoms with van der Waals surface area (Å²) in [7, 11) is 2.17. The minimum atomic E-state index is 0.103. The fraction of sp³-hybridized carbons (Fsp3) is 0.632. The van der Waals surface area contributed by atoms with E-state index < -0.39 is 0 Å². The van der Waals surface area contributed by atoms with Crippen molar-refractivity contribution in [3.8, 4) is 0 Å². The van der Waals surface area contributed by atoms with Crippen LogP contribution in [0.1, 0.15) is 11.3 Å². The second-order valence-electron chi connectivity index (χ2n) is 7.94. The lowest BCUT2D eigenvalue weighted by molar-refractivity contribution is -0.136. The minimum absolute atomic E-state index is 0.103. The van der Waals surface area contributed by atoms with E-state index in [1.165, 1.54) is 11.3 Å². The van der Waals surface area contributed by atoms with Gasteiger partial charge in [-0.05, 0) is 13.5 Å². The van der Waals surface area contributed by atoms with Gasteiger partial charge in [-0.3, -0.25) is 4.79 Å². The summed E-state index contributed by atoms with van der Waals surface area (Å²) in [6.07, 6.45) is 3.77. The van der Waals surface area contributed by atoms with Crippen molar-refractivity contribution in [2.75, 3.05) is 64.3 Å². The van der Waals surface area contributed by atoms with Crippen molar-refractivity contribution in [2.45, 2.75) is 12.8 Å². The summed E-state index contributed by atoms with van der Waals surface area (Å²) < 4.78 is 1.97. The van der Waals surface area contributed by atoms with Crippen molar-refractivity contribution in [1.82, 2.24) is 29.7 Å². The highest BCUT2D eigenvalue weighted by atomic mass is 16.2. The number of amides is 1. The van der Waals surface area contributed by atoms with Crippen LogP contribution in [0, 0.1) is 5.92 Å². The Morgan fingerprint density at radius 2 is 1.93 bits per heavy atom. The Hall–Kier alpha value is -2.19. The van der Waals surface area contributed by atoms with Crippen molar-refractivity contribution in [3.63, 3.8) is 0 Å². The van der Waals surface area contributed by atoms with Gasteiger partial charge in [0.05, 0.1) is 17.8 Å². The number of hydrogen-bond acceptors (Lipinski definition) is 6. The van der Waals surface area contributed by atoms with E-state index >= 15 is 0 Å². The summed E-state index contributed by atoms with van der Waals surface area (Å²) >= 11 is 0. The molecule has 0 spiro atoms. The predicted octanol–water partition coefficient (Wildman–Crippen LogP) is -0.372. The molecular weight excluding hydrogens is 342 g/mol. The van der Waals surface area contributed by atoms with Crippen LogP contribution in [0.3, 0.4) is 0 Å². The Morgan fingerprint density at radius 1 is 1.15 bits per heavy atom. The summed E-state index contributed by atoms with van der Waals surface area (Å²) in [6, 6.07) is 1.97. The second-order valence-corrected chi connectivity index (χ2v) is 7.94. The van der Waals surface area contributed by atoms with Crippen LogP contribution in [0.25, 0.3) is 5.65 Å². The van der Waals surface area contributed by atoms with Crippen LogP contribution < -0.4 is 10.2 Å². The molecule has 0 unspecified atom stereocenters. The van der Waals surface area contributed by atoms with Gasteiger partial charge in [-0.2, -0.15) is 9.61 Å². The van der Waals surface area contributed by atoms with Crippen LogP contribution >= 0.6 is 0 Å². The molecule has 27 heavy (non-hydrogen) atoms. The van der Waals surface area contributed by atoms with E-state index in [-0.39, 0.29) is 5.92 Å².